The smallest absolute Gasteiger partial charge is 0.416 e. The fourth-order valence-corrected chi connectivity index (χ4v) is 3.19. The molecule has 2 aromatic heterocycles. The molecule has 1 aromatic carbocycles. The lowest BCUT2D eigenvalue weighted by Gasteiger charge is -2.11. The van der Waals surface area contributed by atoms with E-state index in [0.717, 1.165) is 12.1 Å². The number of aromatic nitrogens is 3. The molecule has 5 nitrogen and oxygen atoms in total. The van der Waals surface area contributed by atoms with Gasteiger partial charge >= 0.3 is 6.18 Å². The molecule has 1 aliphatic rings. The predicted octanol–water partition coefficient (Wildman–Crippen LogP) is 5.34. The van der Waals surface area contributed by atoms with Crippen LogP contribution in [0.3, 0.4) is 0 Å². The number of aromatic hydroxyl groups is 1. The van der Waals surface area contributed by atoms with Gasteiger partial charge < -0.3 is 10.8 Å². The van der Waals surface area contributed by atoms with Gasteiger partial charge in [-0.3, -0.25) is 4.98 Å². The molecule has 1 fully saturated rings. The molecule has 3 aromatic rings. The van der Waals surface area contributed by atoms with Gasteiger partial charge in [0.1, 0.15) is 11.4 Å². The van der Waals surface area contributed by atoms with E-state index in [1.165, 1.54) is 50.9 Å². The molecule has 3 N–H and O–H groups in total. The Balaban J connectivity index is 0.000000320. The Morgan fingerprint density at radius 3 is 2.11 bits per heavy atom. The van der Waals surface area contributed by atoms with Gasteiger partial charge in [0, 0.05) is 28.7 Å². The molecule has 0 saturated heterocycles. The molecule has 0 radical (unpaired) electrons. The Labute approximate surface area is 160 Å². The third kappa shape index (κ3) is 4.49. The Bertz CT molecular complexity index is 944. The number of pyridine rings is 1. The number of hydrogen-bond donors (Lipinski definition) is 2. The molecule has 148 valence electrons. The van der Waals surface area contributed by atoms with E-state index in [4.69, 9.17) is 5.73 Å². The first-order chi connectivity index (χ1) is 13.4. The van der Waals surface area contributed by atoms with E-state index < -0.39 is 17.5 Å². The number of benzene rings is 1. The highest BCUT2D eigenvalue weighted by molar-refractivity contribution is 5.99. The highest BCUT2D eigenvalue weighted by Crippen LogP contribution is 2.38. The second-order valence-electron chi connectivity index (χ2n) is 6.71. The van der Waals surface area contributed by atoms with E-state index in [1.54, 1.807) is 6.07 Å². The van der Waals surface area contributed by atoms with Gasteiger partial charge in [0.2, 0.25) is 0 Å². The van der Waals surface area contributed by atoms with Crippen molar-refractivity contribution in [1.29, 1.82) is 0 Å². The number of phenols is 1. The van der Waals surface area contributed by atoms with E-state index in [-0.39, 0.29) is 17.1 Å². The lowest BCUT2D eigenvalue weighted by molar-refractivity contribution is -0.137. The number of nitrogen functional groups attached to an aromatic ring is 1. The lowest BCUT2D eigenvalue weighted by Crippen LogP contribution is -2.04. The Morgan fingerprint density at radius 1 is 0.893 bits per heavy atom. The van der Waals surface area contributed by atoms with E-state index in [1.807, 2.05) is 0 Å². The number of nitrogens with two attached hydrogens (primary N) is 1. The van der Waals surface area contributed by atoms with Crippen LogP contribution in [0.4, 0.5) is 19.0 Å². The van der Waals surface area contributed by atoms with Gasteiger partial charge in [-0.2, -0.15) is 13.2 Å². The van der Waals surface area contributed by atoms with Crippen LogP contribution in [0.15, 0.2) is 36.7 Å². The van der Waals surface area contributed by atoms with Crippen LogP contribution in [0.1, 0.15) is 44.1 Å². The van der Waals surface area contributed by atoms with Crippen LogP contribution < -0.4 is 5.73 Å². The summed E-state index contributed by atoms with van der Waals surface area (Å²) in [4.78, 5) is 3.94. The number of nitrogens with zero attached hydrogens (tertiary/aromatic N) is 3. The van der Waals surface area contributed by atoms with Crippen LogP contribution in [0.25, 0.3) is 22.0 Å². The topological polar surface area (TPSA) is 84.9 Å². The number of phenolic OH excluding ortho intramolecular Hbond substituents is 1. The molecule has 0 bridgehead atoms. The molecule has 8 heteroatoms. The maximum atomic E-state index is 12.6. The largest absolute Gasteiger partial charge is 0.507 e. The van der Waals surface area contributed by atoms with E-state index in [2.05, 4.69) is 15.2 Å². The molecule has 0 unspecified atom stereocenters. The summed E-state index contributed by atoms with van der Waals surface area (Å²) in [5, 5.41) is 18.6. The average molecular weight is 390 g/mol. The quantitative estimate of drug-likeness (QED) is 0.586. The Hall–Kier alpha value is -2.90. The van der Waals surface area contributed by atoms with Crippen LogP contribution in [-0.4, -0.2) is 20.3 Å². The second kappa shape index (κ2) is 8.41. The molecule has 4 rings (SSSR count). The molecule has 0 atom stereocenters. The number of anilines is 1. The zero-order valence-corrected chi connectivity index (χ0v) is 15.2. The minimum Gasteiger partial charge on any atom is -0.507 e. The maximum absolute atomic E-state index is 12.6. The van der Waals surface area contributed by atoms with Crippen molar-refractivity contribution in [3.8, 4) is 17.0 Å². The Kier molecular flexibility index (Phi) is 5.96. The van der Waals surface area contributed by atoms with Crippen molar-refractivity contribution < 1.29 is 18.3 Å². The summed E-state index contributed by atoms with van der Waals surface area (Å²) in [6.45, 7) is 0. The predicted molar refractivity (Wildman–Crippen MR) is 102 cm³/mol. The van der Waals surface area contributed by atoms with Crippen molar-refractivity contribution in [2.24, 2.45) is 0 Å². The third-order valence-corrected chi connectivity index (χ3v) is 4.69. The average Bonchev–Trinajstić information content (AvgIpc) is 2.70. The molecule has 1 saturated carbocycles. The first-order valence-corrected chi connectivity index (χ1v) is 9.14. The summed E-state index contributed by atoms with van der Waals surface area (Å²) in [6, 6.07) is 4.28. The van der Waals surface area contributed by atoms with Crippen LogP contribution in [0.2, 0.25) is 0 Å². The summed E-state index contributed by atoms with van der Waals surface area (Å²) in [6.07, 6.45) is 7.44. The summed E-state index contributed by atoms with van der Waals surface area (Å²) >= 11 is 0. The van der Waals surface area contributed by atoms with Gasteiger partial charge in [0.15, 0.2) is 5.82 Å². The Morgan fingerprint density at radius 2 is 1.54 bits per heavy atom. The zero-order chi connectivity index (χ0) is 20.1. The fraction of sp³-hybridized carbons (Fsp3) is 0.350. The van der Waals surface area contributed by atoms with Crippen molar-refractivity contribution in [1.82, 2.24) is 15.2 Å². The number of alkyl halides is 3. The SMILES string of the molecule is C1CCCCC1.Nc1nnc(-c2ccc(C(F)(F)F)cc2O)c2cnccc12. The van der Waals surface area contributed by atoms with Gasteiger partial charge in [-0.1, -0.05) is 38.5 Å². The van der Waals surface area contributed by atoms with E-state index in [9.17, 15) is 18.3 Å². The molecule has 0 amide bonds. The number of hydrogen-bond acceptors (Lipinski definition) is 5. The summed E-state index contributed by atoms with van der Waals surface area (Å²) in [5.41, 5.74) is 5.10. The lowest BCUT2D eigenvalue weighted by atomic mass is 10.0. The molecular weight excluding hydrogens is 369 g/mol. The molecule has 1 aliphatic carbocycles. The van der Waals surface area contributed by atoms with Crippen molar-refractivity contribution in [3.05, 3.63) is 42.2 Å². The van der Waals surface area contributed by atoms with Gasteiger partial charge in [-0.05, 0) is 24.3 Å². The van der Waals surface area contributed by atoms with Gasteiger partial charge in [-0.25, -0.2) is 0 Å². The van der Waals surface area contributed by atoms with Crippen LogP contribution in [0.5, 0.6) is 5.75 Å². The maximum Gasteiger partial charge on any atom is 0.416 e. The highest BCUT2D eigenvalue weighted by atomic mass is 19.4. The number of fused-ring (bicyclic) bond motifs is 1. The summed E-state index contributed by atoms with van der Waals surface area (Å²) in [5.74, 6) is -0.369. The van der Waals surface area contributed by atoms with E-state index >= 15 is 0 Å². The highest BCUT2D eigenvalue weighted by Gasteiger charge is 2.31. The first kappa shape index (κ1) is 19.9. The first-order valence-electron chi connectivity index (χ1n) is 9.14. The van der Waals surface area contributed by atoms with Crippen LogP contribution in [-0.2, 0) is 6.18 Å². The fourth-order valence-electron chi connectivity index (χ4n) is 3.19. The minimum absolute atomic E-state index is 0.124. The van der Waals surface area contributed by atoms with Crippen molar-refractivity contribution in [2.75, 3.05) is 5.73 Å². The van der Waals surface area contributed by atoms with Crippen LogP contribution >= 0.6 is 0 Å². The van der Waals surface area contributed by atoms with Gasteiger partial charge in [0.25, 0.3) is 0 Å². The minimum atomic E-state index is -4.54. The standard InChI is InChI=1S/C14H9F3N4O.C6H12/c15-14(16,17)7-1-2-9(11(22)5-7)12-10-6-19-4-3-8(10)13(18)21-20-12;1-2-4-6-5-3-1/h1-6,22H,(H2,18,21);1-6H2. The molecule has 0 spiro atoms. The van der Waals surface area contributed by atoms with Gasteiger partial charge in [-0.15, -0.1) is 10.2 Å². The van der Waals surface area contributed by atoms with Crippen LogP contribution in [0, 0.1) is 0 Å². The summed E-state index contributed by atoms with van der Waals surface area (Å²) < 4.78 is 37.9. The molecule has 28 heavy (non-hydrogen) atoms. The number of rotatable bonds is 1. The summed E-state index contributed by atoms with van der Waals surface area (Å²) in [7, 11) is 0. The van der Waals surface area contributed by atoms with Gasteiger partial charge in [0.05, 0.1) is 5.56 Å². The van der Waals surface area contributed by atoms with Crippen molar-refractivity contribution >= 4 is 16.6 Å². The van der Waals surface area contributed by atoms with Crippen molar-refractivity contribution in [2.45, 2.75) is 44.7 Å². The third-order valence-electron chi connectivity index (χ3n) is 4.69. The molecule has 2 heterocycles. The van der Waals surface area contributed by atoms with E-state index in [0.29, 0.717) is 16.8 Å². The molecule has 0 aliphatic heterocycles. The monoisotopic (exact) mass is 390 g/mol. The zero-order valence-electron chi connectivity index (χ0n) is 15.2. The number of halogens is 3. The molecular formula is C20H21F3N4O. The second-order valence-corrected chi connectivity index (χ2v) is 6.71. The van der Waals surface area contributed by atoms with Crippen molar-refractivity contribution in [3.63, 3.8) is 0 Å². The normalized spacial score (nSPS) is 14.4.